The lowest BCUT2D eigenvalue weighted by Gasteiger charge is -2.09. The number of thioether (sulfide) groups is 2. The lowest BCUT2D eigenvalue weighted by atomic mass is 10.1. The first-order valence-corrected chi connectivity index (χ1v) is 10.3. The summed E-state index contributed by atoms with van der Waals surface area (Å²) in [6.07, 6.45) is 3.58. The Morgan fingerprint density at radius 2 is 2.00 bits per heavy atom. The van der Waals surface area contributed by atoms with E-state index in [2.05, 4.69) is 27.4 Å². The highest BCUT2D eigenvalue weighted by Gasteiger charge is 2.12. The number of hydrogen-bond acceptors (Lipinski definition) is 6. The SMILES string of the molecule is CCSc1ccc(-c2cccc(NC(=O)c3cccnc3SC)c2)nn1. The Morgan fingerprint density at radius 1 is 1.12 bits per heavy atom. The molecule has 0 radical (unpaired) electrons. The molecule has 3 aromatic rings. The van der Waals surface area contributed by atoms with Crippen LogP contribution in [0.15, 0.2) is 64.8 Å². The first-order chi connectivity index (χ1) is 12.7. The van der Waals surface area contributed by atoms with Gasteiger partial charge >= 0.3 is 0 Å². The predicted molar refractivity (Wildman–Crippen MR) is 108 cm³/mol. The van der Waals surface area contributed by atoms with E-state index in [1.165, 1.54) is 11.8 Å². The van der Waals surface area contributed by atoms with Crippen LogP contribution < -0.4 is 5.32 Å². The molecule has 0 unspecified atom stereocenters. The van der Waals surface area contributed by atoms with E-state index in [9.17, 15) is 4.79 Å². The van der Waals surface area contributed by atoms with Gasteiger partial charge in [0.05, 0.1) is 11.3 Å². The molecule has 7 heteroatoms. The zero-order chi connectivity index (χ0) is 18.4. The number of nitrogens with zero attached hydrogens (tertiary/aromatic N) is 3. The summed E-state index contributed by atoms with van der Waals surface area (Å²) >= 11 is 3.10. The average Bonchev–Trinajstić information content (AvgIpc) is 2.69. The van der Waals surface area contributed by atoms with Gasteiger partial charge in [0, 0.05) is 17.4 Å². The third-order valence-electron chi connectivity index (χ3n) is 3.56. The highest BCUT2D eigenvalue weighted by atomic mass is 32.2. The lowest BCUT2D eigenvalue weighted by molar-refractivity contribution is 0.102. The Morgan fingerprint density at radius 3 is 2.73 bits per heavy atom. The molecule has 0 fully saturated rings. The molecule has 26 heavy (non-hydrogen) atoms. The van der Waals surface area contributed by atoms with Crippen molar-refractivity contribution in [2.24, 2.45) is 0 Å². The van der Waals surface area contributed by atoms with Gasteiger partial charge in [-0.05, 0) is 48.4 Å². The number of rotatable bonds is 6. The van der Waals surface area contributed by atoms with E-state index >= 15 is 0 Å². The summed E-state index contributed by atoms with van der Waals surface area (Å²) in [5, 5.41) is 13.0. The molecular formula is C19H18N4OS2. The van der Waals surface area contributed by atoms with Crippen molar-refractivity contribution < 1.29 is 4.79 Å². The van der Waals surface area contributed by atoms with Gasteiger partial charge in [-0.1, -0.05) is 19.1 Å². The normalized spacial score (nSPS) is 10.5. The number of aromatic nitrogens is 3. The molecule has 132 valence electrons. The quantitative estimate of drug-likeness (QED) is 0.627. The van der Waals surface area contributed by atoms with Crippen LogP contribution in [0.5, 0.6) is 0 Å². The minimum absolute atomic E-state index is 0.180. The van der Waals surface area contributed by atoms with E-state index < -0.39 is 0 Å². The van der Waals surface area contributed by atoms with Crippen molar-refractivity contribution in [3.05, 3.63) is 60.3 Å². The first-order valence-electron chi connectivity index (χ1n) is 8.08. The third-order valence-corrected chi connectivity index (χ3v) is 5.07. The van der Waals surface area contributed by atoms with Gasteiger partial charge in [-0.2, -0.15) is 0 Å². The highest BCUT2D eigenvalue weighted by molar-refractivity contribution is 7.99. The van der Waals surface area contributed by atoms with Crippen molar-refractivity contribution >= 4 is 35.1 Å². The minimum Gasteiger partial charge on any atom is -0.322 e. The standard InChI is InChI=1S/C19H18N4OS2/c1-3-26-17-10-9-16(22-23-17)13-6-4-7-14(12-13)21-18(24)15-8-5-11-20-19(15)25-2/h4-12H,3H2,1-2H3,(H,21,24). The molecule has 0 atom stereocenters. The maximum atomic E-state index is 12.6. The molecule has 3 rings (SSSR count). The fourth-order valence-corrected chi connectivity index (χ4v) is 3.49. The fourth-order valence-electron chi connectivity index (χ4n) is 2.38. The van der Waals surface area contributed by atoms with E-state index in [0.717, 1.165) is 22.0 Å². The van der Waals surface area contributed by atoms with Gasteiger partial charge in [0.1, 0.15) is 10.1 Å². The summed E-state index contributed by atoms with van der Waals surface area (Å²) in [7, 11) is 0. The average molecular weight is 383 g/mol. The fraction of sp³-hybridized carbons (Fsp3) is 0.158. The number of nitrogens with one attached hydrogen (secondary N) is 1. The molecule has 2 aromatic heterocycles. The summed E-state index contributed by atoms with van der Waals surface area (Å²) < 4.78 is 0. The molecule has 1 N–H and O–H groups in total. The molecule has 2 heterocycles. The molecule has 0 aliphatic carbocycles. The van der Waals surface area contributed by atoms with Gasteiger partial charge in [-0.25, -0.2) is 4.98 Å². The molecule has 1 aromatic carbocycles. The van der Waals surface area contributed by atoms with Crippen LogP contribution in [0.25, 0.3) is 11.3 Å². The van der Waals surface area contributed by atoms with E-state index in [4.69, 9.17) is 0 Å². The maximum absolute atomic E-state index is 12.6. The van der Waals surface area contributed by atoms with Crippen LogP contribution in [-0.4, -0.2) is 33.1 Å². The molecule has 5 nitrogen and oxygen atoms in total. The molecule has 0 aliphatic heterocycles. The second-order valence-electron chi connectivity index (χ2n) is 5.28. The van der Waals surface area contributed by atoms with Crippen molar-refractivity contribution in [2.75, 3.05) is 17.3 Å². The molecule has 0 saturated heterocycles. The van der Waals surface area contributed by atoms with Crippen LogP contribution in [0, 0.1) is 0 Å². The van der Waals surface area contributed by atoms with Crippen molar-refractivity contribution in [1.82, 2.24) is 15.2 Å². The third kappa shape index (κ3) is 4.42. The number of carbonyl (C=O) groups is 1. The predicted octanol–water partition coefficient (Wildman–Crippen LogP) is 4.62. The number of anilines is 1. The van der Waals surface area contributed by atoms with Crippen LogP contribution >= 0.6 is 23.5 Å². The second-order valence-corrected chi connectivity index (χ2v) is 7.36. The Kier molecular flexibility index (Phi) is 6.25. The number of amides is 1. The van der Waals surface area contributed by atoms with E-state index in [0.29, 0.717) is 16.3 Å². The first kappa shape index (κ1) is 18.4. The largest absolute Gasteiger partial charge is 0.322 e. The summed E-state index contributed by atoms with van der Waals surface area (Å²) in [6.45, 7) is 2.08. The van der Waals surface area contributed by atoms with Crippen molar-refractivity contribution in [2.45, 2.75) is 17.0 Å². The van der Waals surface area contributed by atoms with Gasteiger partial charge in [0.2, 0.25) is 0 Å². The van der Waals surface area contributed by atoms with E-state index in [1.807, 2.05) is 42.7 Å². The number of pyridine rings is 1. The second kappa shape index (κ2) is 8.82. The summed E-state index contributed by atoms with van der Waals surface area (Å²) in [5.41, 5.74) is 2.94. The van der Waals surface area contributed by atoms with Gasteiger partial charge in [-0.3, -0.25) is 4.79 Å². The Bertz CT molecular complexity index is 900. The van der Waals surface area contributed by atoms with Crippen LogP contribution in [0.1, 0.15) is 17.3 Å². The van der Waals surface area contributed by atoms with Gasteiger partial charge in [-0.15, -0.1) is 33.7 Å². The monoisotopic (exact) mass is 382 g/mol. The number of benzene rings is 1. The molecule has 1 amide bonds. The van der Waals surface area contributed by atoms with Crippen LogP contribution in [-0.2, 0) is 0 Å². The number of hydrogen-bond donors (Lipinski definition) is 1. The minimum atomic E-state index is -0.180. The van der Waals surface area contributed by atoms with Crippen LogP contribution in [0.2, 0.25) is 0 Å². The number of carbonyl (C=O) groups excluding carboxylic acids is 1. The zero-order valence-electron chi connectivity index (χ0n) is 14.5. The van der Waals surface area contributed by atoms with Crippen LogP contribution in [0.4, 0.5) is 5.69 Å². The lowest BCUT2D eigenvalue weighted by Crippen LogP contribution is -2.13. The molecule has 0 bridgehead atoms. The highest BCUT2D eigenvalue weighted by Crippen LogP contribution is 2.23. The van der Waals surface area contributed by atoms with Crippen molar-refractivity contribution in [3.8, 4) is 11.3 Å². The van der Waals surface area contributed by atoms with Gasteiger partial charge in [0.25, 0.3) is 5.91 Å². The van der Waals surface area contributed by atoms with E-state index in [-0.39, 0.29) is 5.91 Å². The zero-order valence-corrected chi connectivity index (χ0v) is 16.1. The van der Waals surface area contributed by atoms with E-state index in [1.54, 1.807) is 30.1 Å². The van der Waals surface area contributed by atoms with Crippen LogP contribution in [0.3, 0.4) is 0 Å². The molecular weight excluding hydrogens is 364 g/mol. The summed E-state index contributed by atoms with van der Waals surface area (Å²) in [5.74, 6) is 0.780. The summed E-state index contributed by atoms with van der Waals surface area (Å²) in [6, 6.07) is 15.0. The Balaban J connectivity index is 1.80. The van der Waals surface area contributed by atoms with Gasteiger partial charge < -0.3 is 5.32 Å². The molecule has 0 spiro atoms. The smallest absolute Gasteiger partial charge is 0.258 e. The Hall–Kier alpha value is -2.38. The van der Waals surface area contributed by atoms with Crippen molar-refractivity contribution in [1.29, 1.82) is 0 Å². The molecule has 0 aliphatic rings. The molecule has 0 saturated carbocycles. The summed E-state index contributed by atoms with van der Waals surface area (Å²) in [4.78, 5) is 16.8. The van der Waals surface area contributed by atoms with Gasteiger partial charge in [0.15, 0.2) is 0 Å². The topological polar surface area (TPSA) is 67.8 Å². The maximum Gasteiger partial charge on any atom is 0.258 e. The Labute approximate surface area is 161 Å². The van der Waals surface area contributed by atoms with Crippen molar-refractivity contribution in [3.63, 3.8) is 0 Å².